The van der Waals surface area contributed by atoms with Crippen LogP contribution in [0.4, 0.5) is 5.69 Å². The van der Waals surface area contributed by atoms with Gasteiger partial charge in [0.25, 0.3) is 0 Å². The highest BCUT2D eigenvalue weighted by molar-refractivity contribution is 5.57. The van der Waals surface area contributed by atoms with Crippen molar-refractivity contribution in [3.63, 3.8) is 0 Å². The highest BCUT2D eigenvalue weighted by Crippen LogP contribution is 2.36. The number of ether oxygens (including phenoxy) is 1. The number of hydrogen-bond acceptors (Lipinski definition) is 3. The normalized spacial score (nSPS) is 27.8. The summed E-state index contributed by atoms with van der Waals surface area (Å²) in [5.41, 5.74) is 0.796. The van der Waals surface area contributed by atoms with Gasteiger partial charge in [-0.15, -0.1) is 0 Å². The first-order valence-electron chi connectivity index (χ1n) is 6.71. The first-order valence-corrected chi connectivity index (χ1v) is 6.71. The van der Waals surface area contributed by atoms with E-state index in [1.54, 1.807) is 7.11 Å². The van der Waals surface area contributed by atoms with E-state index in [2.05, 4.69) is 12.2 Å². The van der Waals surface area contributed by atoms with E-state index in [4.69, 9.17) is 4.74 Å². The molecule has 1 aromatic rings. The van der Waals surface area contributed by atoms with E-state index in [1.807, 2.05) is 24.3 Å². The third-order valence-electron chi connectivity index (χ3n) is 4.04. The second-order valence-corrected chi connectivity index (χ2v) is 5.45. The van der Waals surface area contributed by atoms with Gasteiger partial charge in [0, 0.05) is 0 Å². The number of methoxy groups -OCH3 is 1. The van der Waals surface area contributed by atoms with Crippen LogP contribution in [-0.2, 0) is 0 Å². The molecule has 3 heteroatoms. The average molecular weight is 249 g/mol. The van der Waals surface area contributed by atoms with E-state index >= 15 is 0 Å². The number of hydrogen-bond donors (Lipinski definition) is 2. The summed E-state index contributed by atoms with van der Waals surface area (Å²) in [5, 5.41) is 13.3. The molecule has 0 aliphatic heterocycles. The molecule has 2 N–H and O–H groups in total. The topological polar surface area (TPSA) is 41.5 Å². The summed E-state index contributed by atoms with van der Waals surface area (Å²) in [6, 6.07) is 7.90. The third-order valence-corrected chi connectivity index (χ3v) is 4.04. The lowest BCUT2D eigenvalue weighted by atomic mass is 9.77. The maximum absolute atomic E-state index is 9.75. The smallest absolute Gasteiger partial charge is 0.141 e. The number of anilines is 1. The minimum atomic E-state index is -0.179. The zero-order valence-corrected chi connectivity index (χ0v) is 11.3. The Morgan fingerprint density at radius 3 is 2.61 bits per heavy atom. The number of aliphatic hydroxyl groups is 1. The van der Waals surface area contributed by atoms with Gasteiger partial charge in [0.05, 0.1) is 24.9 Å². The molecule has 0 atom stereocenters. The van der Waals surface area contributed by atoms with E-state index in [-0.39, 0.29) is 12.1 Å². The van der Waals surface area contributed by atoms with Crippen molar-refractivity contribution in [2.75, 3.05) is 19.0 Å². The second kappa shape index (κ2) is 5.61. The highest BCUT2D eigenvalue weighted by atomic mass is 16.5. The molecule has 0 aromatic heterocycles. The van der Waals surface area contributed by atoms with Gasteiger partial charge in [-0.1, -0.05) is 19.1 Å². The van der Waals surface area contributed by atoms with Crippen LogP contribution in [0.2, 0.25) is 0 Å². The summed E-state index contributed by atoms with van der Waals surface area (Å²) in [7, 11) is 1.68. The standard InChI is InChI=1S/C15H23NO2/c1-12-7-9-15(11-17,10-8-12)16-13-5-3-4-6-14(13)18-2/h3-6,12,16-17H,7-11H2,1-2H3. The Labute approximate surface area is 109 Å². The molecule has 1 fully saturated rings. The Balaban J connectivity index is 2.15. The van der Waals surface area contributed by atoms with Crippen molar-refractivity contribution in [3.05, 3.63) is 24.3 Å². The van der Waals surface area contributed by atoms with Gasteiger partial charge in [0.1, 0.15) is 5.75 Å². The summed E-state index contributed by atoms with van der Waals surface area (Å²) in [6.45, 7) is 2.46. The molecule has 0 unspecified atom stereocenters. The maximum Gasteiger partial charge on any atom is 0.141 e. The Morgan fingerprint density at radius 1 is 1.33 bits per heavy atom. The van der Waals surface area contributed by atoms with Gasteiger partial charge in [-0.2, -0.15) is 0 Å². The van der Waals surface area contributed by atoms with Crippen molar-refractivity contribution in [2.45, 2.75) is 38.1 Å². The van der Waals surface area contributed by atoms with Gasteiger partial charge in [-0.05, 0) is 43.7 Å². The van der Waals surface area contributed by atoms with Gasteiger partial charge in [-0.3, -0.25) is 0 Å². The predicted molar refractivity (Wildman–Crippen MR) is 74.1 cm³/mol. The van der Waals surface area contributed by atoms with Crippen molar-refractivity contribution >= 4 is 5.69 Å². The Hall–Kier alpha value is -1.22. The van der Waals surface area contributed by atoms with Crippen molar-refractivity contribution < 1.29 is 9.84 Å². The summed E-state index contributed by atoms with van der Waals surface area (Å²) >= 11 is 0. The summed E-state index contributed by atoms with van der Waals surface area (Å²) in [4.78, 5) is 0. The van der Waals surface area contributed by atoms with Gasteiger partial charge >= 0.3 is 0 Å². The lowest BCUT2D eigenvalue weighted by Crippen LogP contribution is -2.45. The van der Waals surface area contributed by atoms with Crippen LogP contribution in [-0.4, -0.2) is 24.4 Å². The molecule has 0 saturated heterocycles. The zero-order chi connectivity index (χ0) is 13.0. The monoisotopic (exact) mass is 249 g/mol. The first kappa shape index (κ1) is 13.2. The molecule has 0 spiro atoms. The quantitative estimate of drug-likeness (QED) is 0.861. The molecule has 0 heterocycles. The highest BCUT2D eigenvalue weighted by Gasteiger charge is 2.33. The molecular formula is C15H23NO2. The molecule has 0 radical (unpaired) electrons. The minimum absolute atomic E-state index is 0.178. The largest absolute Gasteiger partial charge is 0.495 e. The van der Waals surface area contributed by atoms with Crippen LogP contribution < -0.4 is 10.1 Å². The molecule has 1 aliphatic carbocycles. The van der Waals surface area contributed by atoms with E-state index in [1.165, 1.54) is 12.8 Å². The third kappa shape index (κ3) is 2.78. The van der Waals surface area contributed by atoms with Crippen molar-refractivity contribution in [1.29, 1.82) is 0 Å². The van der Waals surface area contributed by atoms with Crippen molar-refractivity contribution in [2.24, 2.45) is 5.92 Å². The molecule has 100 valence electrons. The second-order valence-electron chi connectivity index (χ2n) is 5.45. The summed E-state index contributed by atoms with van der Waals surface area (Å²) in [5.74, 6) is 1.60. The number of para-hydroxylation sites is 2. The van der Waals surface area contributed by atoms with E-state index in [0.29, 0.717) is 0 Å². The van der Waals surface area contributed by atoms with Crippen LogP contribution in [0.3, 0.4) is 0 Å². The van der Waals surface area contributed by atoms with Crippen LogP contribution in [0.1, 0.15) is 32.6 Å². The summed E-state index contributed by atoms with van der Waals surface area (Å²) < 4.78 is 5.35. The zero-order valence-electron chi connectivity index (χ0n) is 11.3. The molecule has 1 saturated carbocycles. The molecule has 18 heavy (non-hydrogen) atoms. The number of rotatable bonds is 4. The molecule has 0 bridgehead atoms. The molecule has 1 aromatic carbocycles. The lowest BCUT2D eigenvalue weighted by molar-refractivity contribution is 0.155. The van der Waals surface area contributed by atoms with Crippen LogP contribution in [0.15, 0.2) is 24.3 Å². The number of aliphatic hydroxyl groups excluding tert-OH is 1. The van der Waals surface area contributed by atoms with Crippen LogP contribution >= 0.6 is 0 Å². The molecule has 0 amide bonds. The molecule has 2 rings (SSSR count). The minimum Gasteiger partial charge on any atom is -0.495 e. The molecule has 3 nitrogen and oxygen atoms in total. The average Bonchev–Trinajstić information content (AvgIpc) is 2.42. The van der Waals surface area contributed by atoms with Gasteiger partial charge < -0.3 is 15.2 Å². The Bertz CT molecular complexity index is 384. The Morgan fingerprint density at radius 2 is 2.00 bits per heavy atom. The fourth-order valence-corrected chi connectivity index (χ4v) is 2.67. The summed E-state index contributed by atoms with van der Waals surface area (Å²) in [6.07, 6.45) is 4.37. The van der Waals surface area contributed by atoms with E-state index in [0.717, 1.165) is 30.2 Å². The van der Waals surface area contributed by atoms with Crippen LogP contribution in [0.25, 0.3) is 0 Å². The fourth-order valence-electron chi connectivity index (χ4n) is 2.67. The fraction of sp³-hybridized carbons (Fsp3) is 0.600. The SMILES string of the molecule is COc1ccccc1NC1(CO)CCC(C)CC1. The predicted octanol–water partition coefficient (Wildman–Crippen LogP) is 3.05. The Kier molecular flexibility index (Phi) is 4.12. The van der Waals surface area contributed by atoms with Crippen molar-refractivity contribution in [1.82, 2.24) is 0 Å². The van der Waals surface area contributed by atoms with Crippen LogP contribution in [0.5, 0.6) is 5.75 Å². The van der Waals surface area contributed by atoms with E-state index < -0.39 is 0 Å². The maximum atomic E-state index is 9.75. The van der Waals surface area contributed by atoms with Crippen LogP contribution in [0, 0.1) is 5.92 Å². The number of benzene rings is 1. The molecular weight excluding hydrogens is 226 g/mol. The van der Waals surface area contributed by atoms with Gasteiger partial charge in [0.15, 0.2) is 0 Å². The number of nitrogens with one attached hydrogen (secondary N) is 1. The first-order chi connectivity index (χ1) is 8.69. The van der Waals surface area contributed by atoms with Crippen molar-refractivity contribution in [3.8, 4) is 5.75 Å². The van der Waals surface area contributed by atoms with Gasteiger partial charge in [0.2, 0.25) is 0 Å². The van der Waals surface area contributed by atoms with E-state index in [9.17, 15) is 5.11 Å². The van der Waals surface area contributed by atoms with Gasteiger partial charge in [-0.25, -0.2) is 0 Å². The lowest BCUT2D eigenvalue weighted by Gasteiger charge is -2.39. The molecule has 1 aliphatic rings.